The molecule has 1 aliphatic carbocycles. The van der Waals surface area contributed by atoms with E-state index in [4.69, 9.17) is 4.74 Å². The van der Waals surface area contributed by atoms with Gasteiger partial charge in [0.2, 0.25) is 0 Å². The van der Waals surface area contributed by atoms with Crippen LogP contribution < -0.4 is 5.32 Å². The fourth-order valence-corrected chi connectivity index (χ4v) is 6.00. The molecule has 4 aliphatic rings. The summed E-state index contributed by atoms with van der Waals surface area (Å²) >= 11 is 0. The molecule has 1 spiro atoms. The van der Waals surface area contributed by atoms with Gasteiger partial charge >= 0.3 is 5.97 Å². The summed E-state index contributed by atoms with van der Waals surface area (Å²) in [6, 6.07) is 8.48. The third kappa shape index (κ3) is 1.70. The summed E-state index contributed by atoms with van der Waals surface area (Å²) in [7, 11) is 1.43. The van der Waals surface area contributed by atoms with Gasteiger partial charge in [0, 0.05) is 35.9 Å². The Labute approximate surface area is 153 Å². The number of hydrogen-bond donors (Lipinski definition) is 2. The second-order valence-corrected chi connectivity index (χ2v) is 8.00. The second kappa shape index (κ2) is 5.21. The van der Waals surface area contributed by atoms with Gasteiger partial charge in [0.05, 0.1) is 24.2 Å². The number of rotatable bonds is 2. The van der Waals surface area contributed by atoms with Crippen LogP contribution in [-0.4, -0.2) is 48.3 Å². The largest absolute Gasteiger partial charge is 0.466 e. The number of carbonyl (C=O) groups excluding carboxylic acids is 1. The normalized spacial score (nSPS) is 35.4. The lowest BCUT2D eigenvalue weighted by Gasteiger charge is -2.55. The Balaban J connectivity index is 1.84. The van der Waals surface area contributed by atoms with E-state index in [-0.39, 0.29) is 17.4 Å². The molecule has 3 aliphatic heterocycles. The van der Waals surface area contributed by atoms with Crippen LogP contribution in [0.3, 0.4) is 0 Å². The van der Waals surface area contributed by atoms with Crippen LogP contribution in [0, 0.1) is 5.41 Å². The van der Waals surface area contributed by atoms with Crippen molar-refractivity contribution < 1.29 is 14.6 Å². The number of aliphatic hydroxyl groups is 1. The SMILES string of the molecule is COC(=O)C1=C2Nc3ccccc3[C@@]23CCN2CC=C[C@@]([C@H](C)O)(C1)[C@H]23. The van der Waals surface area contributed by atoms with Gasteiger partial charge in [-0.15, -0.1) is 0 Å². The number of nitrogens with zero attached hydrogens (tertiary/aromatic N) is 1. The number of ether oxygens (including phenoxy) is 1. The highest BCUT2D eigenvalue weighted by Crippen LogP contribution is 2.64. The molecule has 5 nitrogen and oxygen atoms in total. The minimum atomic E-state index is -0.560. The van der Waals surface area contributed by atoms with E-state index in [1.165, 1.54) is 12.7 Å². The standard InChI is InChI=1S/C21H24N2O3/c1-13(24)20-8-5-10-23-11-9-21(19(20)23)15-6-3-4-7-16(15)22-17(21)14(12-20)18(25)26-2/h3-8,13,19,22,24H,9-12H2,1-2H3/t13-,19-,20-,21-/m0/s1. The van der Waals surface area contributed by atoms with E-state index in [0.29, 0.717) is 12.0 Å². The van der Waals surface area contributed by atoms with Gasteiger partial charge in [-0.3, -0.25) is 4.90 Å². The highest BCUT2D eigenvalue weighted by molar-refractivity contribution is 5.93. The number of nitrogens with one attached hydrogen (secondary N) is 1. The molecule has 0 bridgehead atoms. The van der Waals surface area contributed by atoms with Crippen molar-refractivity contribution >= 4 is 11.7 Å². The lowest BCUT2D eigenvalue weighted by Crippen LogP contribution is -2.62. The smallest absolute Gasteiger partial charge is 0.335 e. The van der Waals surface area contributed by atoms with E-state index in [2.05, 4.69) is 40.6 Å². The van der Waals surface area contributed by atoms with Crippen molar-refractivity contribution in [1.29, 1.82) is 0 Å². The van der Waals surface area contributed by atoms with Crippen LogP contribution in [0.1, 0.15) is 25.3 Å². The third-order valence-electron chi connectivity index (χ3n) is 7.01. The zero-order chi connectivity index (χ0) is 18.1. The Morgan fingerprint density at radius 2 is 2.23 bits per heavy atom. The zero-order valence-electron chi connectivity index (χ0n) is 15.2. The van der Waals surface area contributed by atoms with E-state index in [1.54, 1.807) is 0 Å². The van der Waals surface area contributed by atoms with Crippen LogP contribution in [0.2, 0.25) is 0 Å². The van der Waals surface area contributed by atoms with Crippen molar-refractivity contribution in [2.24, 2.45) is 5.41 Å². The fourth-order valence-electron chi connectivity index (χ4n) is 6.00. The summed E-state index contributed by atoms with van der Waals surface area (Å²) in [6.45, 7) is 3.70. The molecule has 1 aromatic rings. The minimum absolute atomic E-state index is 0.138. The predicted octanol–water partition coefficient (Wildman–Crippen LogP) is 2.19. The second-order valence-electron chi connectivity index (χ2n) is 8.00. The quantitative estimate of drug-likeness (QED) is 0.631. The molecule has 136 valence electrons. The van der Waals surface area contributed by atoms with Gasteiger partial charge in [-0.25, -0.2) is 4.79 Å². The van der Waals surface area contributed by atoms with Crippen molar-refractivity contribution in [1.82, 2.24) is 4.90 Å². The first-order valence-corrected chi connectivity index (χ1v) is 9.33. The molecule has 0 saturated carbocycles. The van der Waals surface area contributed by atoms with Gasteiger partial charge in [-0.05, 0) is 31.4 Å². The van der Waals surface area contributed by atoms with E-state index in [1.807, 2.05) is 13.0 Å². The number of aliphatic hydroxyl groups excluding tert-OH is 1. The van der Waals surface area contributed by atoms with Gasteiger partial charge in [-0.2, -0.15) is 0 Å². The van der Waals surface area contributed by atoms with E-state index in [9.17, 15) is 9.90 Å². The molecule has 2 N–H and O–H groups in total. The number of benzene rings is 1. The van der Waals surface area contributed by atoms with E-state index >= 15 is 0 Å². The van der Waals surface area contributed by atoms with Gasteiger partial charge in [0.1, 0.15) is 0 Å². The summed E-state index contributed by atoms with van der Waals surface area (Å²) in [5.41, 5.74) is 3.20. The molecule has 0 amide bonds. The molecule has 1 saturated heterocycles. The summed E-state index contributed by atoms with van der Waals surface area (Å²) in [6.07, 6.45) is 5.18. The van der Waals surface area contributed by atoms with Gasteiger partial charge in [0.25, 0.3) is 0 Å². The Morgan fingerprint density at radius 1 is 1.42 bits per heavy atom. The zero-order valence-corrected chi connectivity index (χ0v) is 15.2. The molecule has 0 radical (unpaired) electrons. The van der Waals surface area contributed by atoms with Crippen LogP contribution in [0.25, 0.3) is 0 Å². The minimum Gasteiger partial charge on any atom is -0.466 e. The lowest BCUT2D eigenvalue weighted by molar-refractivity contribution is -0.137. The summed E-state index contributed by atoms with van der Waals surface area (Å²) < 4.78 is 5.15. The number of methoxy groups -OCH3 is 1. The predicted molar refractivity (Wildman–Crippen MR) is 98.6 cm³/mol. The Morgan fingerprint density at radius 3 is 3.00 bits per heavy atom. The number of anilines is 1. The molecular formula is C21H24N2O3. The molecule has 4 atom stereocenters. The number of hydrogen-bond acceptors (Lipinski definition) is 5. The summed E-state index contributed by atoms with van der Waals surface area (Å²) in [4.78, 5) is 15.2. The van der Waals surface area contributed by atoms with Crippen LogP contribution in [-0.2, 0) is 14.9 Å². The highest BCUT2D eigenvalue weighted by Gasteiger charge is 2.67. The topological polar surface area (TPSA) is 61.8 Å². The van der Waals surface area contributed by atoms with E-state index < -0.39 is 11.5 Å². The number of para-hydroxylation sites is 1. The molecule has 0 aromatic heterocycles. The van der Waals surface area contributed by atoms with Crippen LogP contribution >= 0.6 is 0 Å². The van der Waals surface area contributed by atoms with Crippen molar-refractivity contribution in [3.8, 4) is 0 Å². The number of fused-ring (bicyclic) bond motifs is 1. The first-order chi connectivity index (χ1) is 12.5. The van der Waals surface area contributed by atoms with Gasteiger partial charge in [0.15, 0.2) is 0 Å². The maximum Gasteiger partial charge on any atom is 0.335 e. The van der Waals surface area contributed by atoms with Gasteiger partial charge < -0.3 is 15.2 Å². The number of esters is 1. The lowest BCUT2D eigenvalue weighted by atomic mass is 9.54. The molecule has 1 fully saturated rings. The maximum atomic E-state index is 12.7. The average Bonchev–Trinajstić information content (AvgIpc) is 3.21. The Hall–Kier alpha value is -2.11. The maximum absolute atomic E-state index is 12.7. The van der Waals surface area contributed by atoms with Crippen molar-refractivity contribution in [3.63, 3.8) is 0 Å². The molecule has 3 heterocycles. The molecule has 5 rings (SSSR count). The van der Waals surface area contributed by atoms with Crippen molar-refractivity contribution in [2.75, 3.05) is 25.5 Å². The Kier molecular flexibility index (Phi) is 3.22. The van der Waals surface area contributed by atoms with Crippen LogP contribution in [0.5, 0.6) is 0 Å². The van der Waals surface area contributed by atoms with Crippen molar-refractivity contribution in [3.05, 3.63) is 53.3 Å². The molecule has 0 unspecified atom stereocenters. The first kappa shape index (κ1) is 16.1. The van der Waals surface area contributed by atoms with Crippen LogP contribution in [0.4, 0.5) is 5.69 Å². The fraction of sp³-hybridized carbons (Fsp3) is 0.476. The van der Waals surface area contributed by atoms with Gasteiger partial charge in [-0.1, -0.05) is 30.4 Å². The molecule has 5 heteroatoms. The summed E-state index contributed by atoms with van der Waals surface area (Å²) in [5, 5.41) is 14.4. The number of carbonyl (C=O) groups is 1. The molecular weight excluding hydrogens is 328 g/mol. The monoisotopic (exact) mass is 352 g/mol. The molecule has 1 aromatic carbocycles. The highest BCUT2D eigenvalue weighted by atomic mass is 16.5. The molecule has 26 heavy (non-hydrogen) atoms. The van der Waals surface area contributed by atoms with Crippen LogP contribution in [0.15, 0.2) is 47.7 Å². The average molecular weight is 352 g/mol. The summed E-state index contributed by atoms with van der Waals surface area (Å²) in [5.74, 6) is -0.296. The third-order valence-corrected chi connectivity index (χ3v) is 7.01. The van der Waals surface area contributed by atoms with E-state index in [0.717, 1.165) is 30.9 Å². The Bertz CT molecular complexity index is 859. The first-order valence-electron chi connectivity index (χ1n) is 9.33. The van der Waals surface area contributed by atoms with Crippen molar-refractivity contribution in [2.45, 2.75) is 37.3 Å².